The quantitative estimate of drug-likeness (QED) is 0.718. The van der Waals surface area contributed by atoms with E-state index in [2.05, 4.69) is 16.0 Å². The fourth-order valence-corrected chi connectivity index (χ4v) is 3.14. The van der Waals surface area contributed by atoms with Crippen molar-refractivity contribution >= 4 is 5.82 Å². The van der Waals surface area contributed by atoms with Gasteiger partial charge in [-0.1, -0.05) is 6.42 Å². The molecule has 0 radical (unpaired) electrons. The lowest BCUT2D eigenvalue weighted by Crippen LogP contribution is -2.22. The zero-order valence-corrected chi connectivity index (χ0v) is 9.26. The fraction of sp³-hybridized carbons (Fsp3) is 0.538. The molecular weight excluding hydrogens is 198 g/mol. The third-order valence-corrected chi connectivity index (χ3v) is 3.93. The molecule has 0 spiro atoms. The highest BCUT2D eigenvalue weighted by atomic mass is 15.2. The van der Waals surface area contributed by atoms with Crippen molar-refractivity contribution in [3.8, 4) is 6.07 Å². The lowest BCUT2D eigenvalue weighted by molar-refractivity contribution is 0.494. The molecule has 0 N–H and O–H groups in total. The summed E-state index contributed by atoms with van der Waals surface area (Å²) >= 11 is 0. The van der Waals surface area contributed by atoms with Crippen LogP contribution in [0.1, 0.15) is 24.8 Å². The summed E-state index contributed by atoms with van der Waals surface area (Å²) in [6, 6.07) is 5.92. The van der Waals surface area contributed by atoms with Crippen LogP contribution in [0.25, 0.3) is 0 Å². The van der Waals surface area contributed by atoms with Crippen molar-refractivity contribution in [1.29, 1.82) is 5.26 Å². The monoisotopic (exact) mass is 213 g/mol. The smallest absolute Gasteiger partial charge is 0.146 e. The number of pyridine rings is 1. The van der Waals surface area contributed by atoms with E-state index in [1.807, 2.05) is 12.1 Å². The second-order valence-electron chi connectivity index (χ2n) is 4.84. The molecule has 1 saturated heterocycles. The lowest BCUT2D eigenvalue weighted by Gasteiger charge is -2.19. The minimum absolute atomic E-state index is 0.711. The van der Waals surface area contributed by atoms with Crippen molar-refractivity contribution in [2.75, 3.05) is 18.0 Å². The van der Waals surface area contributed by atoms with Gasteiger partial charge in [0.2, 0.25) is 0 Å². The Kier molecular flexibility index (Phi) is 2.28. The first-order valence-corrected chi connectivity index (χ1v) is 5.98. The van der Waals surface area contributed by atoms with E-state index in [0.717, 1.165) is 30.7 Å². The largest absolute Gasteiger partial charge is 0.355 e. The maximum absolute atomic E-state index is 9.07. The van der Waals surface area contributed by atoms with Crippen LogP contribution >= 0.6 is 0 Å². The molecule has 1 saturated carbocycles. The Morgan fingerprint density at radius 3 is 2.75 bits per heavy atom. The molecule has 0 amide bonds. The number of nitrogens with zero attached hydrogens (tertiary/aromatic N) is 3. The van der Waals surface area contributed by atoms with Gasteiger partial charge in [0.15, 0.2) is 0 Å². The van der Waals surface area contributed by atoms with E-state index in [9.17, 15) is 0 Å². The van der Waals surface area contributed by atoms with Crippen molar-refractivity contribution in [3.63, 3.8) is 0 Å². The Morgan fingerprint density at radius 1 is 1.31 bits per heavy atom. The second-order valence-corrected chi connectivity index (χ2v) is 4.84. The summed E-state index contributed by atoms with van der Waals surface area (Å²) in [7, 11) is 0. The number of rotatable bonds is 1. The number of aromatic nitrogens is 1. The number of fused-ring (bicyclic) bond motifs is 1. The number of anilines is 1. The van der Waals surface area contributed by atoms with Gasteiger partial charge in [-0.15, -0.1) is 0 Å². The average Bonchev–Trinajstić information content (AvgIpc) is 2.89. The van der Waals surface area contributed by atoms with Gasteiger partial charge in [0.1, 0.15) is 11.9 Å². The Hall–Kier alpha value is -1.56. The molecule has 2 fully saturated rings. The summed E-state index contributed by atoms with van der Waals surface area (Å²) in [5.41, 5.74) is 0.711. The molecule has 1 aliphatic carbocycles. The summed E-state index contributed by atoms with van der Waals surface area (Å²) in [4.78, 5) is 6.66. The Labute approximate surface area is 95.7 Å². The van der Waals surface area contributed by atoms with E-state index >= 15 is 0 Å². The van der Waals surface area contributed by atoms with Gasteiger partial charge in [-0.2, -0.15) is 5.26 Å². The predicted octanol–water partition coefficient (Wildman–Crippen LogP) is 2.19. The van der Waals surface area contributed by atoms with Gasteiger partial charge in [0.25, 0.3) is 0 Å². The maximum atomic E-state index is 9.07. The van der Waals surface area contributed by atoms with E-state index < -0.39 is 0 Å². The fourth-order valence-electron chi connectivity index (χ4n) is 3.14. The first-order chi connectivity index (χ1) is 7.88. The molecule has 3 heteroatoms. The van der Waals surface area contributed by atoms with Gasteiger partial charge in [0.05, 0.1) is 5.56 Å². The third-order valence-electron chi connectivity index (χ3n) is 3.93. The van der Waals surface area contributed by atoms with Crippen LogP contribution in [-0.4, -0.2) is 18.1 Å². The van der Waals surface area contributed by atoms with Crippen LogP contribution in [0.2, 0.25) is 0 Å². The second kappa shape index (κ2) is 3.79. The highest BCUT2D eigenvalue weighted by Crippen LogP contribution is 2.39. The summed E-state index contributed by atoms with van der Waals surface area (Å²) in [6.07, 6.45) is 5.88. The van der Waals surface area contributed by atoms with Crippen LogP contribution in [0, 0.1) is 23.2 Å². The zero-order chi connectivity index (χ0) is 11.0. The standard InChI is InChI=1S/C13H15N3/c14-7-10-5-2-6-15-13(10)16-8-11-3-1-4-12(11)9-16/h2,5-6,11-12H,1,3-4,8-9H2. The van der Waals surface area contributed by atoms with Gasteiger partial charge >= 0.3 is 0 Å². The molecule has 3 nitrogen and oxygen atoms in total. The normalized spacial score (nSPS) is 27.8. The van der Waals surface area contributed by atoms with Crippen LogP contribution in [0.5, 0.6) is 0 Å². The van der Waals surface area contributed by atoms with E-state index in [4.69, 9.17) is 5.26 Å². The number of hydrogen-bond acceptors (Lipinski definition) is 3. The van der Waals surface area contributed by atoms with Gasteiger partial charge in [0, 0.05) is 19.3 Å². The van der Waals surface area contributed by atoms with Gasteiger partial charge in [-0.05, 0) is 36.8 Å². The molecule has 1 aliphatic heterocycles. The first-order valence-electron chi connectivity index (χ1n) is 5.98. The lowest BCUT2D eigenvalue weighted by atomic mass is 10.0. The van der Waals surface area contributed by atoms with E-state index in [0.29, 0.717) is 5.56 Å². The van der Waals surface area contributed by atoms with Crippen molar-refractivity contribution in [1.82, 2.24) is 4.98 Å². The Balaban J connectivity index is 1.86. The van der Waals surface area contributed by atoms with Crippen LogP contribution in [-0.2, 0) is 0 Å². The topological polar surface area (TPSA) is 39.9 Å². The zero-order valence-electron chi connectivity index (χ0n) is 9.26. The molecule has 2 unspecified atom stereocenters. The van der Waals surface area contributed by atoms with Crippen LogP contribution in [0.15, 0.2) is 18.3 Å². The molecular formula is C13H15N3. The van der Waals surface area contributed by atoms with Crippen molar-refractivity contribution in [2.45, 2.75) is 19.3 Å². The summed E-state index contributed by atoms with van der Waals surface area (Å²) in [6.45, 7) is 2.19. The number of hydrogen-bond donors (Lipinski definition) is 0. The average molecular weight is 213 g/mol. The highest BCUT2D eigenvalue weighted by molar-refractivity contribution is 5.54. The van der Waals surface area contributed by atoms with Gasteiger partial charge < -0.3 is 4.90 Å². The van der Waals surface area contributed by atoms with E-state index in [1.165, 1.54) is 19.3 Å². The Bertz CT molecular complexity index is 423. The van der Waals surface area contributed by atoms with Crippen LogP contribution in [0.3, 0.4) is 0 Å². The minimum Gasteiger partial charge on any atom is -0.355 e. The molecule has 3 rings (SSSR count). The van der Waals surface area contributed by atoms with Crippen molar-refractivity contribution < 1.29 is 0 Å². The molecule has 1 aromatic rings. The van der Waals surface area contributed by atoms with E-state index in [1.54, 1.807) is 6.20 Å². The minimum atomic E-state index is 0.711. The summed E-state index contributed by atoms with van der Waals surface area (Å²) in [5, 5.41) is 9.07. The number of nitriles is 1. The highest BCUT2D eigenvalue weighted by Gasteiger charge is 2.37. The van der Waals surface area contributed by atoms with E-state index in [-0.39, 0.29) is 0 Å². The van der Waals surface area contributed by atoms with Crippen LogP contribution in [0.4, 0.5) is 5.82 Å². The molecule has 1 aromatic heterocycles. The molecule has 2 atom stereocenters. The molecule has 0 bridgehead atoms. The van der Waals surface area contributed by atoms with Crippen molar-refractivity contribution in [3.05, 3.63) is 23.9 Å². The van der Waals surface area contributed by atoms with Gasteiger partial charge in [-0.3, -0.25) is 0 Å². The van der Waals surface area contributed by atoms with Gasteiger partial charge in [-0.25, -0.2) is 4.98 Å². The van der Waals surface area contributed by atoms with Crippen molar-refractivity contribution in [2.24, 2.45) is 11.8 Å². The summed E-state index contributed by atoms with van der Waals surface area (Å²) in [5.74, 6) is 2.57. The van der Waals surface area contributed by atoms with Crippen LogP contribution < -0.4 is 4.90 Å². The molecule has 2 aliphatic rings. The first kappa shape index (κ1) is 9.65. The molecule has 0 aromatic carbocycles. The molecule has 2 heterocycles. The maximum Gasteiger partial charge on any atom is 0.146 e. The summed E-state index contributed by atoms with van der Waals surface area (Å²) < 4.78 is 0. The third kappa shape index (κ3) is 1.46. The SMILES string of the molecule is N#Cc1cccnc1N1CC2CCCC2C1. The predicted molar refractivity (Wildman–Crippen MR) is 62.0 cm³/mol. The molecule has 82 valence electrons. The Morgan fingerprint density at radius 2 is 2.06 bits per heavy atom. The molecule has 16 heavy (non-hydrogen) atoms.